The van der Waals surface area contributed by atoms with E-state index in [2.05, 4.69) is 15.2 Å². The molecule has 2 saturated heterocycles. The average Bonchev–Trinajstić information content (AvgIpc) is 2.80. The zero-order valence-corrected chi connectivity index (χ0v) is 10.7. The van der Waals surface area contributed by atoms with Crippen molar-refractivity contribution in [2.45, 2.75) is 37.8 Å². The van der Waals surface area contributed by atoms with Crippen LogP contribution >= 0.6 is 0 Å². The van der Waals surface area contributed by atoms with Gasteiger partial charge in [0.25, 0.3) is 0 Å². The summed E-state index contributed by atoms with van der Waals surface area (Å²) in [5.41, 5.74) is 5.39. The standard InChI is InChI=1S/C13H18F2N4/c14-8-7-9(15)13(18-12(8)16)17-10-4-6-19-5-2-1-3-11(10)19/h7,10-11H,1-6H2,(H3,16,17,18). The monoisotopic (exact) mass is 268 g/mol. The van der Waals surface area contributed by atoms with E-state index in [0.717, 1.165) is 32.0 Å². The Balaban J connectivity index is 1.76. The Labute approximate surface area is 111 Å². The van der Waals surface area contributed by atoms with E-state index >= 15 is 0 Å². The van der Waals surface area contributed by atoms with Crippen molar-refractivity contribution in [3.63, 3.8) is 0 Å². The van der Waals surface area contributed by atoms with Crippen molar-refractivity contribution < 1.29 is 8.78 Å². The van der Waals surface area contributed by atoms with E-state index in [9.17, 15) is 8.78 Å². The molecule has 0 aromatic carbocycles. The van der Waals surface area contributed by atoms with Crippen LogP contribution in [0.25, 0.3) is 0 Å². The molecule has 2 unspecified atom stereocenters. The van der Waals surface area contributed by atoms with Gasteiger partial charge in [-0.2, -0.15) is 0 Å². The Hall–Kier alpha value is -1.43. The second kappa shape index (κ2) is 4.92. The summed E-state index contributed by atoms with van der Waals surface area (Å²) in [6, 6.07) is 1.39. The Morgan fingerprint density at radius 2 is 2.05 bits per heavy atom. The summed E-state index contributed by atoms with van der Waals surface area (Å²) in [7, 11) is 0. The minimum Gasteiger partial charge on any atom is -0.381 e. The molecule has 1 aromatic heterocycles. The third-order valence-corrected chi connectivity index (χ3v) is 4.13. The van der Waals surface area contributed by atoms with Crippen LogP contribution in [-0.4, -0.2) is 35.1 Å². The van der Waals surface area contributed by atoms with Gasteiger partial charge in [-0.15, -0.1) is 0 Å². The van der Waals surface area contributed by atoms with Gasteiger partial charge in [0.2, 0.25) is 0 Å². The number of nitrogens with zero attached hydrogens (tertiary/aromatic N) is 2. The second-order valence-electron chi connectivity index (χ2n) is 5.32. The van der Waals surface area contributed by atoms with Crippen molar-refractivity contribution in [1.29, 1.82) is 0 Å². The third kappa shape index (κ3) is 2.36. The smallest absolute Gasteiger partial charge is 0.168 e. The second-order valence-corrected chi connectivity index (χ2v) is 5.32. The van der Waals surface area contributed by atoms with Crippen molar-refractivity contribution in [3.8, 4) is 0 Å². The summed E-state index contributed by atoms with van der Waals surface area (Å²) in [5.74, 6) is -1.69. The molecule has 0 spiro atoms. The molecule has 2 aliphatic rings. The van der Waals surface area contributed by atoms with E-state index in [4.69, 9.17) is 5.73 Å². The first-order chi connectivity index (χ1) is 9.15. The highest BCUT2D eigenvalue weighted by molar-refractivity contribution is 5.46. The molecule has 2 fully saturated rings. The lowest BCUT2D eigenvalue weighted by Gasteiger charge is -2.32. The fourth-order valence-corrected chi connectivity index (χ4v) is 3.17. The van der Waals surface area contributed by atoms with Gasteiger partial charge in [0.15, 0.2) is 23.3 Å². The summed E-state index contributed by atoms with van der Waals surface area (Å²) in [4.78, 5) is 6.21. The Bertz CT molecular complexity index is 480. The summed E-state index contributed by atoms with van der Waals surface area (Å²) in [5, 5.41) is 3.10. The number of piperidine rings is 1. The lowest BCUT2D eigenvalue weighted by molar-refractivity contribution is 0.192. The van der Waals surface area contributed by atoms with Gasteiger partial charge >= 0.3 is 0 Å². The molecule has 3 rings (SSSR count). The minimum atomic E-state index is -0.811. The van der Waals surface area contributed by atoms with E-state index in [0.29, 0.717) is 6.04 Å². The van der Waals surface area contributed by atoms with Crippen LogP contribution in [0.4, 0.5) is 20.4 Å². The number of aromatic nitrogens is 1. The zero-order chi connectivity index (χ0) is 13.4. The van der Waals surface area contributed by atoms with Crippen LogP contribution in [-0.2, 0) is 0 Å². The molecule has 0 amide bonds. The van der Waals surface area contributed by atoms with Crippen molar-refractivity contribution in [2.24, 2.45) is 0 Å². The molecule has 0 saturated carbocycles. The van der Waals surface area contributed by atoms with Crippen LogP contribution in [0, 0.1) is 11.6 Å². The van der Waals surface area contributed by atoms with E-state index in [1.54, 1.807) is 0 Å². The molecule has 3 heterocycles. The number of hydrogen-bond donors (Lipinski definition) is 2. The predicted molar refractivity (Wildman–Crippen MR) is 69.8 cm³/mol. The number of anilines is 2. The van der Waals surface area contributed by atoms with E-state index in [1.165, 1.54) is 12.8 Å². The number of nitrogen functional groups attached to an aromatic ring is 1. The number of nitrogens with one attached hydrogen (secondary N) is 1. The third-order valence-electron chi connectivity index (χ3n) is 4.13. The maximum absolute atomic E-state index is 13.7. The molecule has 4 nitrogen and oxygen atoms in total. The van der Waals surface area contributed by atoms with Crippen LogP contribution in [0.2, 0.25) is 0 Å². The van der Waals surface area contributed by atoms with E-state index in [-0.39, 0.29) is 17.7 Å². The molecule has 104 valence electrons. The van der Waals surface area contributed by atoms with Gasteiger partial charge in [-0.25, -0.2) is 13.8 Å². The molecule has 3 N–H and O–H groups in total. The number of halogens is 2. The van der Waals surface area contributed by atoms with Gasteiger partial charge in [-0.05, 0) is 25.8 Å². The molecule has 0 radical (unpaired) electrons. The molecule has 0 bridgehead atoms. The van der Waals surface area contributed by atoms with Crippen LogP contribution < -0.4 is 11.1 Å². The molecule has 2 atom stereocenters. The minimum absolute atomic E-state index is 0.0660. The van der Waals surface area contributed by atoms with Crippen LogP contribution in [0.3, 0.4) is 0 Å². The fourth-order valence-electron chi connectivity index (χ4n) is 3.17. The van der Waals surface area contributed by atoms with E-state index < -0.39 is 11.6 Å². The maximum Gasteiger partial charge on any atom is 0.168 e. The van der Waals surface area contributed by atoms with Crippen LogP contribution in [0.1, 0.15) is 25.7 Å². The van der Waals surface area contributed by atoms with Crippen molar-refractivity contribution >= 4 is 11.6 Å². The van der Waals surface area contributed by atoms with Crippen LogP contribution in [0.5, 0.6) is 0 Å². The lowest BCUT2D eigenvalue weighted by Crippen LogP contribution is -2.42. The van der Waals surface area contributed by atoms with Crippen LogP contribution in [0.15, 0.2) is 6.07 Å². The number of nitrogens with two attached hydrogens (primary N) is 1. The van der Waals surface area contributed by atoms with Gasteiger partial charge < -0.3 is 11.1 Å². The van der Waals surface area contributed by atoms with Gasteiger partial charge in [0.1, 0.15) is 0 Å². The zero-order valence-electron chi connectivity index (χ0n) is 10.7. The predicted octanol–water partition coefficient (Wildman–Crippen LogP) is 1.98. The fraction of sp³-hybridized carbons (Fsp3) is 0.615. The first-order valence-electron chi connectivity index (χ1n) is 6.77. The number of fused-ring (bicyclic) bond motifs is 1. The normalized spacial score (nSPS) is 27.3. The summed E-state index contributed by atoms with van der Waals surface area (Å²) >= 11 is 0. The molecule has 2 aliphatic heterocycles. The lowest BCUT2D eigenvalue weighted by atomic mass is 9.99. The largest absolute Gasteiger partial charge is 0.381 e. The Morgan fingerprint density at radius 1 is 1.21 bits per heavy atom. The number of hydrogen-bond acceptors (Lipinski definition) is 4. The van der Waals surface area contributed by atoms with Gasteiger partial charge in [-0.3, -0.25) is 4.90 Å². The van der Waals surface area contributed by atoms with Crippen molar-refractivity contribution in [2.75, 3.05) is 24.1 Å². The number of rotatable bonds is 2. The summed E-state index contributed by atoms with van der Waals surface area (Å²) in [6.07, 6.45) is 4.53. The Morgan fingerprint density at radius 3 is 2.89 bits per heavy atom. The molecular weight excluding hydrogens is 250 g/mol. The highest BCUT2D eigenvalue weighted by atomic mass is 19.1. The van der Waals surface area contributed by atoms with Crippen molar-refractivity contribution in [3.05, 3.63) is 17.7 Å². The molecular formula is C13H18F2N4. The molecule has 1 aromatic rings. The SMILES string of the molecule is Nc1nc(NC2CCN3CCCCC23)c(F)cc1F. The van der Waals surface area contributed by atoms with E-state index in [1.807, 2.05) is 0 Å². The summed E-state index contributed by atoms with van der Waals surface area (Å²) < 4.78 is 26.8. The molecule has 19 heavy (non-hydrogen) atoms. The first-order valence-corrected chi connectivity index (χ1v) is 6.77. The first kappa shape index (κ1) is 12.6. The summed E-state index contributed by atoms with van der Waals surface area (Å²) in [6.45, 7) is 2.14. The molecule has 0 aliphatic carbocycles. The quantitative estimate of drug-likeness (QED) is 0.861. The van der Waals surface area contributed by atoms with Gasteiger partial charge in [0.05, 0.1) is 0 Å². The Kier molecular flexibility index (Phi) is 3.26. The van der Waals surface area contributed by atoms with Crippen molar-refractivity contribution in [1.82, 2.24) is 9.88 Å². The van der Waals surface area contributed by atoms with Gasteiger partial charge in [0, 0.05) is 24.7 Å². The highest BCUT2D eigenvalue weighted by Gasteiger charge is 2.35. The maximum atomic E-state index is 13.7. The topological polar surface area (TPSA) is 54.2 Å². The average molecular weight is 268 g/mol. The number of pyridine rings is 1. The van der Waals surface area contributed by atoms with Gasteiger partial charge in [-0.1, -0.05) is 6.42 Å². The highest BCUT2D eigenvalue weighted by Crippen LogP contribution is 2.29. The molecule has 6 heteroatoms.